The van der Waals surface area contributed by atoms with Crippen LogP contribution in [0.15, 0.2) is 59.3 Å². The zero-order valence-electron chi connectivity index (χ0n) is 36.6. The summed E-state index contributed by atoms with van der Waals surface area (Å²) in [6.45, 7) is 55.1. The first-order valence-corrected chi connectivity index (χ1v) is 20.0. The molecule has 2 aliphatic carbocycles. The van der Waals surface area contributed by atoms with Crippen molar-refractivity contribution >= 4 is 17.3 Å². The van der Waals surface area contributed by atoms with Crippen molar-refractivity contribution in [3.05, 3.63) is 87.1 Å². The molecule has 1 saturated heterocycles. The van der Waals surface area contributed by atoms with E-state index < -0.39 is 0 Å². The number of benzene rings is 1. The van der Waals surface area contributed by atoms with E-state index in [1.807, 2.05) is 47.6 Å². The second-order valence-corrected chi connectivity index (χ2v) is 15.6. The van der Waals surface area contributed by atoms with Gasteiger partial charge in [-0.05, 0) is 162 Å². The topological polar surface area (TPSA) is 29.3 Å². The molecule has 2 saturated carbocycles. The molecule has 0 amide bonds. The molecular formula is C48H82N2. The van der Waals surface area contributed by atoms with E-state index in [9.17, 15) is 0 Å². The Kier molecular flexibility index (Phi) is 20.0. The molecule has 3 aliphatic rings. The summed E-state index contributed by atoms with van der Waals surface area (Å²) in [5.41, 5.74) is 23.6. The maximum absolute atomic E-state index is 6.72. The summed E-state index contributed by atoms with van der Waals surface area (Å²) < 4.78 is 0. The number of rotatable bonds is 10. The molecule has 0 spiro atoms. The highest BCUT2D eigenvalue weighted by Crippen LogP contribution is 2.63. The first-order chi connectivity index (χ1) is 23.4. The van der Waals surface area contributed by atoms with Crippen LogP contribution < -0.4 is 5.73 Å². The number of piperidine rings is 1. The number of anilines is 1. The fraction of sp³-hybridized carbons (Fsp3) is 0.625. The number of hydrogen-bond acceptors (Lipinski definition) is 2. The summed E-state index contributed by atoms with van der Waals surface area (Å²) in [7, 11) is 0. The van der Waals surface area contributed by atoms with Gasteiger partial charge in [-0.15, -0.1) is 6.58 Å². The molecule has 0 radical (unpaired) electrons. The van der Waals surface area contributed by atoms with E-state index in [0.717, 1.165) is 52.5 Å². The second kappa shape index (κ2) is 21.1. The van der Waals surface area contributed by atoms with E-state index in [2.05, 4.69) is 114 Å². The number of nitrogen functional groups attached to an aromatic ring is 1. The highest BCUT2D eigenvalue weighted by molar-refractivity contribution is 5.92. The third-order valence-corrected chi connectivity index (χ3v) is 11.6. The Labute approximate surface area is 313 Å². The molecule has 2 nitrogen and oxygen atoms in total. The summed E-state index contributed by atoms with van der Waals surface area (Å²) in [5.74, 6) is 2.07. The average molecular weight is 687 g/mol. The Morgan fingerprint density at radius 2 is 1.30 bits per heavy atom. The number of fused-ring (bicyclic) bond motifs is 1. The van der Waals surface area contributed by atoms with Gasteiger partial charge < -0.3 is 10.6 Å². The number of nitrogens with two attached hydrogens (primary N) is 1. The maximum atomic E-state index is 6.72. The fourth-order valence-electron chi connectivity index (χ4n) is 7.59. The van der Waals surface area contributed by atoms with Crippen molar-refractivity contribution in [2.75, 3.05) is 25.4 Å². The standard InChI is InChI=1S/C27H39N.C13H23N.C4H8.2C2H6/c1-12-17(7)19(9)25(18(8)16(5)6)21(11)26-24(15-4)23(14-3)22(13-2)20(10)27(26)28;1-4-13(5-6-13)9-14-7-10-11(8-14)12(10,2)3;1-4(2)3;2*1-2/h12-13H,2,11,14-15,28H2,1,3-10H3;10-11H,4-9H2,1-3H3;1H2,2-3H3;2*1-2H3/b17-12-,25-19-;;;;. The lowest BCUT2D eigenvalue weighted by molar-refractivity contribution is 0.209. The van der Waals surface area contributed by atoms with Gasteiger partial charge >= 0.3 is 0 Å². The summed E-state index contributed by atoms with van der Waals surface area (Å²) >= 11 is 0. The van der Waals surface area contributed by atoms with Crippen LogP contribution in [-0.2, 0) is 12.8 Å². The Morgan fingerprint density at radius 1 is 0.840 bits per heavy atom. The molecule has 0 aromatic heterocycles. The molecule has 1 heterocycles. The van der Waals surface area contributed by atoms with Gasteiger partial charge in [-0.3, -0.25) is 0 Å². The van der Waals surface area contributed by atoms with Gasteiger partial charge in [0, 0.05) is 30.9 Å². The fourth-order valence-corrected chi connectivity index (χ4v) is 7.59. The summed E-state index contributed by atoms with van der Waals surface area (Å²) in [6.07, 6.45) is 10.4. The van der Waals surface area contributed by atoms with Crippen LogP contribution in [0.3, 0.4) is 0 Å². The van der Waals surface area contributed by atoms with Gasteiger partial charge in [-0.25, -0.2) is 0 Å². The van der Waals surface area contributed by atoms with Crippen LogP contribution in [0.2, 0.25) is 0 Å². The lowest BCUT2D eigenvalue weighted by Gasteiger charge is -2.26. The highest BCUT2D eigenvalue weighted by atomic mass is 15.2. The van der Waals surface area contributed by atoms with Crippen molar-refractivity contribution in [2.24, 2.45) is 22.7 Å². The predicted octanol–water partition coefficient (Wildman–Crippen LogP) is 14.4. The van der Waals surface area contributed by atoms with Crippen LogP contribution in [0.4, 0.5) is 5.69 Å². The van der Waals surface area contributed by atoms with Crippen LogP contribution in [0.1, 0.15) is 165 Å². The van der Waals surface area contributed by atoms with E-state index >= 15 is 0 Å². The van der Waals surface area contributed by atoms with Crippen molar-refractivity contribution in [2.45, 2.75) is 157 Å². The van der Waals surface area contributed by atoms with E-state index in [4.69, 9.17) is 5.73 Å². The molecule has 3 fully saturated rings. The highest BCUT2D eigenvalue weighted by Gasteiger charge is 2.62. The third kappa shape index (κ3) is 11.5. The molecule has 284 valence electrons. The first-order valence-electron chi connectivity index (χ1n) is 20.0. The second-order valence-electron chi connectivity index (χ2n) is 15.6. The normalized spacial score (nSPS) is 19.6. The third-order valence-electron chi connectivity index (χ3n) is 11.6. The molecular weight excluding hydrogens is 605 g/mol. The Morgan fingerprint density at radius 3 is 1.64 bits per heavy atom. The molecule has 2 atom stereocenters. The average Bonchev–Trinajstić information content (AvgIpc) is 3.89. The van der Waals surface area contributed by atoms with Gasteiger partial charge in [0.2, 0.25) is 0 Å². The smallest absolute Gasteiger partial charge is 0.0432 e. The Balaban J connectivity index is 0.000000894. The zero-order chi connectivity index (χ0) is 39.3. The van der Waals surface area contributed by atoms with Gasteiger partial charge in [-0.1, -0.05) is 104 Å². The lowest BCUT2D eigenvalue weighted by atomic mass is 9.80. The van der Waals surface area contributed by atoms with Crippen molar-refractivity contribution in [3.63, 3.8) is 0 Å². The minimum Gasteiger partial charge on any atom is -0.398 e. The molecule has 4 rings (SSSR count). The minimum atomic E-state index is 0.694. The van der Waals surface area contributed by atoms with Crippen molar-refractivity contribution < 1.29 is 0 Å². The number of likely N-dealkylation sites (tertiary alicyclic amines) is 1. The molecule has 0 bridgehead atoms. The SMILES string of the molecule is C=C(C)C.C=Cc1c(C)c(N)c(C(=C)/C(C(C)=C(C)C)=C(C)\C(C)=C/C)c(CC)c1CC.CC.CC.CCC1(CN2CC3C(C2)C3(C)C)CC1. The van der Waals surface area contributed by atoms with Gasteiger partial charge in [0.25, 0.3) is 0 Å². The largest absolute Gasteiger partial charge is 0.398 e. The zero-order valence-corrected chi connectivity index (χ0v) is 36.6. The van der Waals surface area contributed by atoms with Crippen LogP contribution >= 0.6 is 0 Å². The minimum absolute atomic E-state index is 0.694. The van der Waals surface area contributed by atoms with Gasteiger partial charge in [0.15, 0.2) is 0 Å². The van der Waals surface area contributed by atoms with Gasteiger partial charge in [0.1, 0.15) is 0 Å². The first kappa shape index (κ1) is 47.4. The quantitative estimate of drug-likeness (QED) is 0.151. The predicted molar refractivity (Wildman–Crippen MR) is 232 cm³/mol. The van der Waals surface area contributed by atoms with E-state index in [1.54, 1.807) is 0 Å². The van der Waals surface area contributed by atoms with Crippen molar-refractivity contribution in [1.82, 2.24) is 4.90 Å². The molecule has 2 N–H and O–H groups in total. The monoisotopic (exact) mass is 687 g/mol. The lowest BCUT2D eigenvalue weighted by Crippen LogP contribution is -2.32. The number of nitrogens with zero attached hydrogens (tertiary/aromatic N) is 1. The van der Waals surface area contributed by atoms with Crippen molar-refractivity contribution in [1.29, 1.82) is 0 Å². The molecule has 1 aliphatic heterocycles. The van der Waals surface area contributed by atoms with E-state index in [-0.39, 0.29) is 0 Å². The summed E-state index contributed by atoms with van der Waals surface area (Å²) in [5, 5.41) is 0. The van der Waals surface area contributed by atoms with E-state index in [1.165, 1.54) is 89.0 Å². The summed E-state index contributed by atoms with van der Waals surface area (Å²) in [6, 6.07) is 0. The molecule has 1 aromatic rings. The Bertz CT molecular complexity index is 1380. The maximum Gasteiger partial charge on any atom is 0.0432 e. The molecule has 2 heteroatoms. The van der Waals surface area contributed by atoms with Crippen LogP contribution in [-0.4, -0.2) is 24.5 Å². The number of hydrogen-bond donors (Lipinski definition) is 1. The molecule has 1 aromatic carbocycles. The van der Waals surface area contributed by atoms with Crippen LogP contribution in [0, 0.1) is 29.6 Å². The molecule has 2 unspecified atom stereocenters. The van der Waals surface area contributed by atoms with Crippen LogP contribution in [0.5, 0.6) is 0 Å². The summed E-state index contributed by atoms with van der Waals surface area (Å²) in [4.78, 5) is 2.75. The van der Waals surface area contributed by atoms with E-state index in [0.29, 0.717) is 5.41 Å². The molecule has 50 heavy (non-hydrogen) atoms. The van der Waals surface area contributed by atoms with Gasteiger partial charge in [0.05, 0.1) is 0 Å². The number of allylic oxidation sites excluding steroid dienone is 8. The van der Waals surface area contributed by atoms with Crippen molar-refractivity contribution in [3.8, 4) is 0 Å². The van der Waals surface area contributed by atoms with Crippen LogP contribution in [0.25, 0.3) is 11.6 Å². The Hall–Kier alpha value is -2.58. The van der Waals surface area contributed by atoms with Gasteiger partial charge in [-0.2, -0.15) is 0 Å².